The fourth-order valence-corrected chi connectivity index (χ4v) is 4.15. The van der Waals surface area contributed by atoms with Gasteiger partial charge in [0.05, 0.1) is 23.9 Å². The standard InChI is InChI=1S/C27H25BrN2O2/c1-5-18-6-11-24-21(14-18)22(15-26(29-24)19-7-9-20(32-4)10-8-19)27(31)30-25-13-16(2)23(28)12-17(25)3/h6-15H,5H2,1-4H3,(H,30,31). The minimum absolute atomic E-state index is 0.148. The van der Waals surface area contributed by atoms with E-state index in [1.54, 1.807) is 7.11 Å². The number of anilines is 1. The molecule has 0 aliphatic rings. The minimum atomic E-state index is -0.148. The Hall–Kier alpha value is -3.18. The first-order valence-electron chi connectivity index (χ1n) is 10.6. The molecule has 0 saturated heterocycles. The molecule has 0 fully saturated rings. The predicted molar refractivity (Wildman–Crippen MR) is 135 cm³/mol. The van der Waals surface area contributed by atoms with Gasteiger partial charge in [0.15, 0.2) is 0 Å². The molecule has 0 radical (unpaired) electrons. The van der Waals surface area contributed by atoms with Gasteiger partial charge >= 0.3 is 0 Å². The van der Waals surface area contributed by atoms with Crippen molar-refractivity contribution in [1.82, 2.24) is 4.98 Å². The lowest BCUT2D eigenvalue weighted by molar-refractivity contribution is 0.102. The summed E-state index contributed by atoms with van der Waals surface area (Å²) >= 11 is 3.56. The van der Waals surface area contributed by atoms with Gasteiger partial charge in [-0.3, -0.25) is 4.79 Å². The van der Waals surface area contributed by atoms with Crippen LogP contribution in [0.3, 0.4) is 0 Å². The number of pyridine rings is 1. The highest BCUT2D eigenvalue weighted by Gasteiger charge is 2.16. The summed E-state index contributed by atoms with van der Waals surface area (Å²) in [6.07, 6.45) is 0.891. The summed E-state index contributed by atoms with van der Waals surface area (Å²) in [7, 11) is 1.64. The number of fused-ring (bicyclic) bond motifs is 1. The fourth-order valence-electron chi connectivity index (χ4n) is 3.70. The Bertz CT molecular complexity index is 1310. The molecule has 1 heterocycles. The Balaban J connectivity index is 1.83. The molecule has 1 N–H and O–H groups in total. The number of aromatic nitrogens is 1. The first-order valence-corrected chi connectivity index (χ1v) is 11.3. The number of halogens is 1. The number of nitrogens with zero attached hydrogens (tertiary/aromatic N) is 1. The van der Waals surface area contributed by atoms with Gasteiger partial charge in [0, 0.05) is 21.1 Å². The molecule has 162 valence electrons. The van der Waals surface area contributed by atoms with Gasteiger partial charge in [-0.1, -0.05) is 28.9 Å². The molecule has 1 amide bonds. The molecular weight excluding hydrogens is 464 g/mol. The number of amides is 1. The molecule has 32 heavy (non-hydrogen) atoms. The van der Waals surface area contributed by atoms with E-state index in [0.29, 0.717) is 5.56 Å². The average Bonchev–Trinajstić information content (AvgIpc) is 2.81. The normalized spacial score (nSPS) is 10.9. The molecule has 3 aromatic carbocycles. The number of aryl methyl sites for hydroxylation is 3. The van der Waals surface area contributed by atoms with E-state index < -0.39 is 0 Å². The number of rotatable bonds is 5. The zero-order chi connectivity index (χ0) is 22.8. The fraction of sp³-hybridized carbons (Fsp3) is 0.185. The third-order valence-electron chi connectivity index (χ3n) is 5.67. The molecule has 0 atom stereocenters. The van der Waals surface area contributed by atoms with Gasteiger partial charge in [0.1, 0.15) is 5.75 Å². The van der Waals surface area contributed by atoms with E-state index in [9.17, 15) is 4.79 Å². The van der Waals surface area contributed by atoms with Gasteiger partial charge in [-0.25, -0.2) is 4.98 Å². The topological polar surface area (TPSA) is 51.2 Å². The number of benzene rings is 3. The van der Waals surface area contributed by atoms with Gasteiger partial charge in [-0.05, 0) is 91.6 Å². The Labute approximate surface area is 196 Å². The van der Waals surface area contributed by atoms with Crippen LogP contribution in [0.2, 0.25) is 0 Å². The number of hydrogen-bond acceptors (Lipinski definition) is 3. The van der Waals surface area contributed by atoms with Gasteiger partial charge in [-0.2, -0.15) is 0 Å². The van der Waals surface area contributed by atoms with Crippen LogP contribution in [0.15, 0.2) is 65.1 Å². The van der Waals surface area contributed by atoms with Crippen LogP contribution in [0.25, 0.3) is 22.2 Å². The van der Waals surface area contributed by atoms with Crippen LogP contribution in [0.1, 0.15) is 34.0 Å². The molecule has 0 saturated carbocycles. The monoisotopic (exact) mass is 488 g/mol. The highest BCUT2D eigenvalue weighted by Crippen LogP contribution is 2.29. The van der Waals surface area contributed by atoms with Crippen LogP contribution in [0.4, 0.5) is 5.69 Å². The number of hydrogen-bond donors (Lipinski definition) is 1. The molecular formula is C27H25BrN2O2. The molecule has 0 bridgehead atoms. The zero-order valence-corrected chi connectivity index (χ0v) is 20.2. The third-order valence-corrected chi connectivity index (χ3v) is 6.52. The maximum atomic E-state index is 13.5. The molecule has 0 aliphatic heterocycles. The van der Waals surface area contributed by atoms with Crippen molar-refractivity contribution in [2.75, 3.05) is 12.4 Å². The largest absolute Gasteiger partial charge is 0.497 e. The number of methoxy groups -OCH3 is 1. The molecule has 4 rings (SSSR count). The second-order valence-electron chi connectivity index (χ2n) is 7.86. The molecule has 4 nitrogen and oxygen atoms in total. The summed E-state index contributed by atoms with van der Waals surface area (Å²) in [5.41, 5.74) is 7.12. The Morgan fingerprint density at radius 2 is 1.75 bits per heavy atom. The lowest BCUT2D eigenvalue weighted by Gasteiger charge is -2.14. The first kappa shape index (κ1) is 22.0. The molecule has 0 spiro atoms. The number of ether oxygens (including phenoxy) is 1. The van der Waals surface area contributed by atoms with E-state index in [1.165, 1.54) is 5.56 Å². The van der Waals surface area contributed by atoms with Crippen LogP contribution in [0.5, 0.6) is 5.75 Å². The van der Waals surface area contributed by atoms with Gasteiger partial charge in [0.25, 0.3) is 5.91 Å². The quantitative estimate of drug-likeness (QED) is 0.325. The molecule has 1 aromatic heterocycles. The van der Waals surface area contributed by atoms with E-state index in [-0.39, 0.29) is 5.91 Å². The molecule has 5 heteroatoms. The van der Waals surface area contributed by atoms with E-state index in [2.05, 4.69) is 40.3 Å². The van der Waals surface area contributed by atoms with E-state index in [4.69, 9.17) is 9.72 Å². The second-order valence-corrected chi connectivity index (χ2v) is 8.71. The van der Waals surface area contributed by atoms with Crippen molar-refractivity contribution in [3.05, 3.63) is 87.4 Å². The summed E-state index contributed by atoms with van der Waals surface area (Å²) in [6.45, 7) is 6.10. The summed E-state index contributed by atoms with van der Waals surface area (Å²) in [6, 6.07) is 19.7. The van der Waals surface area contributed by atoms with Crippen LogP contribution < -0.4 is 10.1 Å². The van der Waals surface area contributed by atoms with Crippen LogP contribution in [-0.4, -0.2) is 18.0 Å². The number of carbonyl (C=O) groups is 1. The Kier molecular flexibility index (Phi) is 6.28. The number of nitrogens with one attached hydrogen (secondary N) is 1. The third kappa shape index (κ3) is 4.39. The molecule has 0 unspecified atom stereocenters. The summed E-state index contributed by atoms with van der Waals surface area (Å²) in [5.74, 6) is 0.631. The molecule has 0 aliphatic carbocycles. The maximum absolute atomic E-state index is 13.5. The van der Waals surface area contributed by atoms with E-state index in [0.717, 1.165) is 55.6 Å². The van der Waals surface area contributed by atoms with Crippen LogP contribution >= 0.6 is 15.9 Å². The van der Waals surface area contributed by atoms with Crippen LogP contribution in [-0.2, 0) is 6.42 Å². The summed E-state index contributed by atoms with van der Waals surface area (Å²) in [4.78, 5) is 18.3. The highest BCUT2D eigenvalue weighted by atomic mass is 79.9. The van der Waals surface area contributed by atoms with Crippen molar-refractivity contribution in [2.24, 2.45) is 0 Å². The molecule has 4 aromatic rings. The SMILES string of the molecule is CCc1ccc2nc(-c3ccc(OC)cc3)cc(C(=O)Nc3cc(C)c(Br)cc3C)c2c1. The van der Waals surface area contributed by atoms with Crippen molar-refractivity contribution < 1.29 is 9.53 Å². The lowest BCUT2D eigenvalue weighted by atomic mass is 10.0. The summed E-state index contributed by atoms with van der Waals surface area (Å²) in [5, 5.41) is 3.97. The van der Waals surface area contributed by atoms with Crippen molar-refractivity contribution in [3.8, 4) is 17.0 Å². The van der Waals surface area contributed by atoms with Crippen molar-refractivity contribution >= 4 is 38.4 Å². The van der Waals surface area contributed by atoms with Crippen LogP contribution in [0, 0.1) is 13.8 Å². The smallest absolute Gasteiger partial charge is 0.256 e. The lowest BCUT2D eigenvalue weighted by Crippen LogP contribution is -2.14. The van der Waals surface area contributed by atoms with Gasteiger partial charge < -0.3 is 10.1 Å². The number of carbonyl (C=O) groups excluding carboxylic acids is 1. The average molecular weight is 489 g/mol. The highest BCUT2D eigenvalue weighted by molar-refractivity contribution is 9.10. The maximum Gasteiger partial charge on any atom is 0.256 e. The summed E-state index contributed by atoms with van der Waals surface area (Å²) < 4.78 is 6.30. The van der Waals surface area contributed by atoms with E-state index in [1.807, 2.05) is 62.4 Å². The second kappa shape index (κ2) is 9.13. The predicted octanol–water partition coefficient (Wildman–Crippen LogP) is 7.10. The minimum Gasteiger partial charge on any atom is -0.497 e. The van der Waals surface area contributed by atoms with Crippen molar-refractivity contribution in [3.63, 3.8) is 0 Å². The van der Waals surface area contributed by atoms with Crippen molar-refractivity contribution in [2.45, 2.75) is 27.2 Å². The first-order chi connectivity index (χ1) is 15.4. The van der Waals surface area contributed by atoms with Gasteiger partial charge in [-0.15, -0.1) is 0 Å². The van der Waals surface area contributed by atoms with E-state index >= 15 is 0 Å². The zero-order valence-electron chi connectivity index (χ0n) is 18.6. The Morgan fingerprint density at radius 1 is 1.00 bits per heavy atom. The Morgan fingerprint density at radius 3 is 2.44 bits per heavy atom. The van der Waals surface area contributed by atoms with Gasteiger partial charge in [0.2, 0.25) is 0 Å². The van der Waals surface area contributed by atoms with Crippen molar-refractivity contribution in [1.29, 1.82) is 0 Å².